The molecule has 0 bridgehead atoms. The van der Waals surface area contributed by atoms with Crippen LogP contribution in [0.4, 0.5) is 4.39 Å². The van der Waals surface area contributed by atoms with Crippen LogP contribution in [0.3, 0.4) is 0 Å². The molecule has 4 aromatic carbocycles. The first-order valence-electron chi connectivity index (χ1n) is 10.5. The standard InChI is InChI=1S/C27H23FO4/c1-2-31-26(30)15-8-18-6-11-23(12-7-18)32-27-24(19-4-3-5-21(28)16-19)13-9-20-17-22(29)10-14-25(20)27/h3-7,9-14,16-17,29H,2,8,15H2,1H3. The lowest BCUT2D eigenvalue weighted by molar-refractivity contribution is -0.143. The summed E-state index contributed by atoms with van der Waals surface area (Å²) >= 11 is 0. The molecule has 5 heteroatoms. The normalized spacial score (nSPS) is 10.8. The summed E-state index contributed by atoms with van der Waals surface area (Å²) in [5.74, 6) is 0.806. The van der Waals surface area contributed by atoms with Crippen LogP contribution in [0.5, 0.6) is 17.2 Å². The molecule has 4 aromatic rings. The maximum Gasteiger partial charge on any atom is 0.306 e. The zero-order valence-electron chi connectivity index (χ0n) is 17.7. The highest BCUT2D eigenvalue weighted by atomic mass is 19.1. The summed E-state index contributed by atoms with van der Waals surface area (Å²) in [7, 11) is 0. The number of aromatic hydroxyl groups is 1. The first kappa shape index (κ1) is 21.4. The summed E-state index contributed by atoms with van der Waals surface area (Å²) in [6.07, 6.45) is 0.909. The molecular formula is C27H23FO4. The van der Waals surface area contributed by atoms with Crippen LogP contribution in [0.25, 0.3) is 21.9 Å². The fourth-order valence-electron chi connectivity index (χ4n) is 3.60. The largest absolute Gasteiger partial charge is 0.508 e. The predicted octanol–water partition coefficient (Wildman–Crippen LogP) is 6.64. The topological polar surface area (TPSA) is 55.8 Å². The minimum absolute atomic E-state index is 0.160. The lowest BCUT2D eigenvalue weighted by Crippen LogP contribution is -2.05. The molecule has 0 amide bonds. The Balaban J connectivity index is 1.67. The van der Waals surface area contributed by atoms with Crippen molar-refractivity contribution in [1.82, 2.24) is 0 Å². The Hall–Kier alpha value is -3.86. The molecule has 0 unspecified atom stereocenters. The first-order chi connectivity index (χ1) is 15.5. The third-order valence-electron chi connectivity index (χ3n) is 5.16. The van der Waals surface area contributed by atoms with Crippen molar-refractivity contribution in [3.63, 3.8) is 0 Å². The van der Waals surface area contributed by atoms with Gasteiger partial charge in [0.05, 0.1) is 6.61 Å². The van der Waals surface area contributed by atoms with Crippen LogP contribution in [0.1, 0.15) is 18.9 Å². The van der Waals surface area contributed by atoms with E-state index in [1.807, 2.05) is 42.5 Å². The van der Waals surface area contributed by atoms with Gasteiger partial charge in [-0.25, -0.2) is 4.39 Å². The predicted molar refractivity (Wildman–Crippen MR) is 122 cm³/mol. The Labute approximate surface area is 185 Å². The minimum Gasteiger partial charge on any atom is -0.508 e. The van der Waals surface area contributed by atoms with Gasteiger partial charge in [0, 0.05) is 17.4 Å². The summed E-state index contributed by atoms with van der Waals surface area (Å²) in [5, 5.41) is 11.5. The second-order valence-corrected chi connectivity index (χ2v) is 7.41. The number of halogens is 1. The molecule has 1 N–H and O–H groups in total. The van der Waals surface area contributed by atoms with Crippen LogP contribution in [-0.2, 0) is 16.0 Å². The van der Waals surface area contributed by atoms with E-state index in [1.165, 1.54) is 12.1 Å². The van der Waals surface area contributed by atoms with Gasteiger partial charge in [-0.2, -0.15) is 0 Å². The quantitative estimate of drug-likeness (QED) is 0.334. The van der Waals surface area contributed by atoms with Gasteiger partial charge in [-0.3, -0.25) is 4.79 Å². The van der Waals surface area contributed by atoms with E-state index in [9.17, 15) is 14.3 Å². The number of carbonyl (C=O) groups is 1. The molecule has 0 fully saturated rings. The van der Waals surface area contributed by atoms with Crippen LogP contribution in [0.2, 0.25) is 0 Å². The number of carbonyl (C=O) groups excluding carboxylic acids is 1. The molecule has 0 aromatic heterocycles. The number of phenolic OH excluding ortho intramolecular Hbond substituents is 1. The number of benzene rings is 4. The van der Waals surface area contributed by atoms with E-state index >= 15 is 0 Å². The summed E-state index contributed by atoms with van der Waals surface area (Å²) in [5.41, 5.74) is 2.44. The van der Waals surface area contributed by atoms with Crippen LogP contribution < -0.4 is 4.74 Å². The molecule has 162 valence electrons. The Kier molecular flexibility index (Phi) is 6.36. The molecule has 0 aliphatic heterocycles. The maximum absolute atomic E-state index is 13.9. The average Bonchev–Trinajstić information content (AvgIpc) is 2.79. The SMILES string of the molecule is CCOC(=O)CCc1ccc(Oc2c(-c3cccc(F)c3)ccc3cc(O)ccc23)cc1. The number of esters is 1. The molecule has 0 atom stereocenters. The third-order valence-corrected chi connectivity index (χ3v) is 5.16. The van der Waals surface area contributed by atoms with Crippen molar-refractivity contribution >= 4 is 16.7 Å². The number of hydrogen-bond donors (Lipinski definition) is 1. The summed E-state index contributed by atoms with van der Waals surface area (Å²) < 4.78 is 25.1. The van der Waals surface area contributed by atoms with Gasteiger partial charge in [0.15, 0.2) is 0 Å². The van der Waals surface area contributed by atoms with Gasteiger partial charge in [-0.05, 0) is 78.4 Å². The Morgan fingerprint density at radius 2 is 1.78 bits per heavy atom. The van der Waals surface area contributed by atoms with Gasteiger partial charge in [-0.15, -0.1) is 0 Å². The molecule has 0 aliphatic rings. The van der Waals surface area contributed by atoms with Crippen molar-refractivity contribution < 1.29 is 23.8 Å². The van der Waals surface area contributed by atoms with Crippen LogP contribution in [0, 0.1) is 5.82 Å². The molecule has 0 radical (unpaired) electrons. The van der Waals surface area contributed by atoms with Gasteiger partial charge >= 0.3 is 5.97 Å². The number of rotatable bonds is 7. The van der Waals surface area contributed by atoms with Crippen LogP contribution >= 0.6 is 0 Å². The highest BCUT2D eigenvalue weighted by Gasteiger charge is 2.14. The second kappa shape index (κ2) is 9.52. The van der Waals surface area contributed by atoms with Crippen molar-refractivity contribution in [1.29, 1.82) is 0 Å². The summed E-state index contributed by atoms with van der Waals surface area (Å²) in [6, 6.07) is 22.6. The molecule has 0 spiro atoms. The van der Waals surface area contributed by atoms with Crippen molar-refractivity contribution in [2.75, 3.05) is 6.61 Å². The number of ether oxygens (including phenoxy) is 2. The Bertz CT molecular complexity index is 1250. The average molecular weight is 430 g/mol. The Morgan fingerprint density at radius 3 is 2.53 bits per heavy atom. The molecular weight excluding hydrogens is 407 g/mol. The maximum atomic E-state index is 13.9. The molecule has 4 nitrogen and oxygen atoms in total. The zero-order chi connectivity index (χ0) is 22.5. The Morgan fingerprint density at radius 1 is 0.969 bits per heavy atom. The van der Waals surface area contributed by atoms with Gasteiger partial charge in [0.25, 0.3) is 0 Å². The zero-order valence-corrected chi connectivity index (χ0v) is 17.7. The van der Waals surface area contributed by atoms with E-state index < -0.39 is 0 Å². The van der Waals surface area contributed by atoms with Gasteiger partial charge in [0.2, 0.25) is 0 Å². The molecule has 0 aliphatic carbocycles. The fourth-order valence-corrected chi connectivity index (χ4v) is 3.60. The van der Waals surface area contributed by atoms with Gasteiger partial charge in [-0.1, -0.05) is 30.3 Å². The molecule has 0 heterocycles. The van der Waals surface area contributed by atoms with Crippen molar-refractivity contribution in [3.05, 3.63) is 90.2 Å². The minimum atomic E-state index is -0.329. The third kappa shape index (κ3) is 4.89. The van der Waals surface area contributed by atoms with Crippen molar-refractivity contribution in [3.8, 4) is 28.4 Å². The fraction of sp³-hybridized carbons (Fsp3) is 0.148. The first-order valence-corrected chi connectivity index (χ1v) is 10.5. The van der Waals surface area contributed by atoms with Crippen LogP contribution in [0.15, 0.2) is 78.9 Å². The number of hydrogen-bond acceptors (Lipinski definition) is 4. The highest BCUT2D eigenvalue weighted by molar-refractivity contribution is 5.96. The van der Waals surface area contributed by atoms with E-state index in [1.54, 1.807) is 31.2 Å². The number of phenols is 1. The van der Waals surface area contributed by atoms with E-state index in [0.29, 0.717) is 36.5 Å². The van der Waals surface area contributed by atoms with E-state index in [0.717, 1.165) is 21.9 Å². The monoisotopic (exact) mass is 430 g/mol. The van der Waals surface area contributed by atoms with E-state index in [4.69, 9.17) is 9.47 Å². The second-order valence-electron chi connectivity index (χ2n) is 7.41. The summed E-state index contributed by atoms with van der Waals surface area (Å²) in [4.78, 5) is 11.6. The highest BCUT2D eigenvalue weighted by Crippen LogP contribution is 2.40. The van der Waals surface area contributed by atoms with Crippen molar-refractivity contribution in [2.45, 2.75) is 19.8 Å². The van der Waals surface area contributed by atoms with Crippen LogP contribution in [-0.4, -0.2) is 17.7 Å². The van der Waals surface area contributed by atoms with Gasteiger partial charge < -0.3 is 14.6 Å². The molecule has 0 saturated heterocycles. The molecule has 0 saturated carbocycles. The molecule has 32 heavy (non-hydrogen) atoms. The van der Waals surface area contributed by atoms with Crippen molar-refractivity contribution in [2.24, 2.45) is 0 Å². The van der Waals surface area contributed by atoms with Gasteiger partial charge in [0.1, 0.15) is 23.1 Å². The lowest BCUT2D eigenvalue weighted by atomic mass is 9.99. The smallest absolute Gasteiger partial charge is 0.306 e. The summed E-state index contributed by atoms with van der Waals surface area (Å²) in [6.45, 7) is 2.17. The lowest BCUT2D eigenvalue weighted by Gasteiger charge is -2.15. The number of aryl methyl sites for hydroxylation is 1. The van der Waals surface area contributed by atoms with E-state index in [-0.39, 0.29) is 17.5 Å². The number of fused-ring (bicyclic) bond motifs is 1. The molecule has 4 rings (SSSR count). The van der Waals surface area contributed by atoms with E-state index in [2.05, 4.69) is 0 Å².